The molecule has 0 aromatic heterocycles. The van der Waals surface area contributed by atoms with Gasteiger partial charge in [0, 0.05) is 4.47 Å². The first-order valence-electron chi connectivity index (χ1n) is 9.09. The summed E-state index contributed by atoms with van der Waals surface area (Å²) in [5.41, 5.74) is 11.3. The number of rotatable bonds is 8. The Morgan fingerprint density at radius 2 is 1.60 bits per heavy atom. The number of carbonyl (C=O) groups is 1. The van der Waals surface area contributed by atoms with Gasteiger partial charge in [0.15, 0.2) is 0 Å². The van der Waals surface area contributed by atoms with Crippen molar-refractivity contribution in [3.05, 3.63) is 99.5 Å². The monoisotopic (exact) mass is 466 g/mol. The highest BCUT2D eigenvalue weighted by molar-refractivity contribution is 9.10. The molecule has 0 saturated heterocycles. The number of hydrogen-bond acceptors (Lipinski definition) is 4. The third-order valence-electron chi connectivity index (χ3n) is 4.24. The highest BCUT2D eigenvalue weighted by atomic mass is 79.9. The molecule has 0 aliphatic rings. The fourth-order valence-corrected chi connectivity index (χ4v) is 3.06. The van der Waals surface area contributed by atoms with Gasteiger partial charge in [-0.3, -0.25) is 0 Å². The molecule has 0 aliphatic heterocycles. The van der Waals surface area contributed by atoms with E-state index < -0.39 is 5.97 Å². The number of carbonyl (C=O) groups excluding carboxylic acids is 1. The smallest absolute Gasteiger partial charge is 0.422 e. The second-order valence-corrected chi connectivity index (χ2v) is 7.20. The van der Waals surface area contributed by atoms with Crippen LogP contribution in [0, 0.1) is 0 Å². The standard InChI is InChI=1S/C23H19BrN2O4/c1-28-23(27)22(26-25)20-13-18(24)9-12-21(20)30-15-17-7-10-19(11-8-17)29-14-16-5-3-2-4-6-16/h2-13H,14-15H2,1H3. The molecule has 0 bridgehead atoms. The minimum absolute atomic E-state index is 0.238. The van der Waals surface area contributed by atoms with E-state index in [1.165, 1.54) is 7.11 Å². The summed E-state index contributed by atoms with van der Waals surface area (Å²) in [5, 5.41) is 0. The Balaban J connectivity index is 1.67. The molecule has 0 amide bonds. The third-order valence-corrected chi connectivity index (χ3v) is 4.73. The van der Waals surface area contributed by atoms with Gasteiger partial charge in [0.1, 0.15) is 30.3 Å². The third kappa shape index (κ3) is 5.56. The van der Waals surface area contributed by atoms with E-state index in [0.29, 0.717) is 22.4 Å². The van der Waals surface area contributed by atoms with Gasteiger partial charge in [0.25, 0.3) is 0 Å². The van der Waals surface area contributed by atoms with Crippen LogP contribution in [-0.4, -0.2) is 23.6 Å². The van der Waals surface area contributed by atoms with Crippen LogP contribution in [0.25, 0.3) is 5.53 Å². The summed E-state index contributed by atoms with van der Waals surface area (Å²) in [7, 11) is 1.22. The molecule has 3 aromatic carbocycles. The van der Waals surface area contributed by atoms with E-state index in [1.54, 1.807) is 18.2 Å². The Hall–Kier alpha value is -3.41. The SMILES string of the molecule is COC(=O)C(=[N+]=[N-])c1cc(Br)ccc1OCc1ccc(OCc2ccccc2)cc1. The fraction of sp³-hybridized carbons (Fsp3) is 0.130. The largest absolute Gasteiger partial charge is 0.489 e. The number of halogens is 1. The Morgan fingerprint density at radius 3 is 2.27 bits per heavy atom. The number of nitrogens with zero attached hydrogens (tertiary/aromatic N) is 2. The van der Waals surface area contributed by atoms with E-state index in [9.17, 15) is 10.3 Å². The van der Waals surface area contributed by atoms with Gasteiger partial charge in [0.05, 0.1) is 7.11 Å². The molecular formula is C23H19BrN2O4. The molecular weight excluding hydrogens is 448 g/mol. The number of esters is 1. The molecule has 3 rings (SSSR count). The zero-order chi connectivity index (χ0) is 21.3. The molecule has 0 spiro atoms. The Kier molecular flexibility index (Phi) is 7.38. The molecule has 0 atom stereocenters. The topological polar surface area (TPSA) is 81.2 Å². The van der Waals surface area contributed by atoms with E-state index in [0.717, 1.165) is 16.9 Å². The maximum atomic E-state index is 11.9. The zero-order valence-corrected chi connectivity index (χ0v) is 17.8. The summed E-state index contributed by atoms with van der Waals surface area (Å²) >= 11 is 3.34. The van der Waals surface area contributed by atoms with Crippen LogP contribution in [0.1, 0.15) is 16.7 Å². The Bertz CT molecular complexity index is 1060. The molecule has 0 saturated carbocycles. The molecule has 0 fully saturated rings. The number of methoxy groups -OCH3 is 1. The van der Waals surface area contributed by atoms with Gasteiger partial charge in [-0.15, -0.1) is 0 Å². The van der Waals surface area contributed by atoms with Crippen molar-refractivity contribution in [2.75, 3.05) is 7.11 Å². The first kappa shape index (κ1) is 21.3. The molecule has 7 heteroatoms. The van der Waals surface area contributed by atoms with Crippen LogP contribution < -0.4 is 9.47 Å². The summed E-state index contributed by atoms with van der Waals surface area (Å²) < 4.78 is 17.0. The predicted octanol–water partition coefficient (Wildman–Crippen LogP) is 4.80. The molecule has 0 heterocycles. The molecule has 0 unspecified atom stereocenters. The van der Waals surface area contributed by atoms with Crippen LogP contribution in [0.5, 0.6) is 11.5 Å². The van der Waals surface area contributed by atoms with E-state index >= 15 is 0 Å². The second-order valence-electron chi connectivity index (χ2n) is 6.29. The lowest BCUT2D eigenvalue weighted by Crippen LogP contribution is -2.19. The van der Waals surface area contributed by atoms with Crippen molar-refractivity contribution >= 4 is 27.6 Å². The molecule has 152 valence electrons. The summed E-state index contributed by atoms with van der Waals surface area (Å²) in [6.07, 6.45) is 0. The van der Waals surface area contributed by atoms with E-state index in [2.05, 4.69) is 25.5 Å². The minimum Gasteiger partial charge on any atom is -0.489 e. The highest BCUT2D eigenvalue weighted by Crippen LogP contribution is 2.25. The first-order chi connectivity index (χ1) is 14.6. The second kappa shape index (κ2) is 10.4. The highest BCUT2D eigenvalue weighted by Gasteiger charge is 2.28. The quantitative estimate of drug-likeness (QED) is 0.206. The summed E-state index contributed by atoms with van der Waals surface area (Å²) in [5.74, 6) is 0.383. The predicted molar refractivity (Wildman–Crippen MR) is 115 cm³/mol. The maximum absolute atomic E-state index is 11.9. The van der Waals surface area contributed by atoms with Crippen LogP contribution in [0.4, 0.5) is 0 Å². The number of benzene rings is 3. The first-order valence-corrected chi connectivity index (χ1v) is 9.88. The van der Waals surface area contributed by atoms with Crippen LogP contribution >= 0.6 is 15.9 Å². The molecule has 30 heavy (non-hydrogen) atoms. The lowest BCUT2D eigenvalue weighted by atomic mass is 10.1. The van der Waals surface area contributed by atoms with E-state index in [4.69, 9.17) is 9.47 Å². The van der Waals surface area contributed by atoms with Gasteiger partial charge >= 0.3 is 11.7 Å². The van der Waals surface area contributed by atoms with Gasteiger partial charge in [-0.1, -0.05) is 58.4 Å². The Morgan fingerprint density at radius 1 is 0.933 bits per heavy atom. The van der Waals surface area contributed by atoms with Gasteiger partial charge in [-0.2, -0.15) is 4.79 Å². The molecule has 3 aromatic rings. The molecule has 6 nitrogen and oxygen atoms in total. The summed E-state index contributed by atoms with van der Waals surface area (Å²) in [6.45, 7) is 0.753. The van der Waals surface area contributed by atoms with E-state index in [-0.39, 0.29) is 12.3 Å². The summed E-state index contributed by atoms with van der Waals surface area (Å²) in [4.78, 5) is 15.0. The zero-order valence-electron chi connectivity index (χ0n) is 16.2. The maximum Gasteiger partial charge on any atom is 0.422 e. The number of ether oxygens (including phenoxy) is 3. The van der Waals surface area contributed by atoms with E-state index in [1.807, 2.05) is 54.6 Å². The van der Waals surface area contributed by atoms with Crippen molar-refractivity contribution in [2.45, 2.75) is 13.2 Å². The van der Waals surface area contributed by atoms with Crippen molar-refractivity contribution in [1.82, 2.24) is 0 Å². The summed E-state index contributed by atoms with van der Waals surface area (Å²) in [6, 6.07) is 22.6. The fourth-order valence-electron chi connectivity index (χ4n) is 2.70. The van der Waals surface area contributed by atoms with Crippen molar-refractivity contribution < 1.29 is 23.8 Å². The minimum atomic E-state index is -0.764. The van der Waals surface area contributed by atoms with Gasteiger partial charge in [-0.05, 0) is 41.5 Å². The van der Waals surface area contributed by atoms with Crippen molar-refractivity contribution in [3.8, 4) is 11.5 Å². The van der Waals surface area contributed by atoms with Gasteiger partial charge < -0.3 is 19.7 Å². The average molecular weight is 467 g/mol. The normalized spacial score (nSPS) is 10.1. The lowest BCUT2D eigenvalue weighted by molar-refractivity contribution is -0.137. The Labute approximate surface area is 182 Å². The van der Waals surface area contributed by atoms with Crippen LogP contribution in [0.2, 0.25) is 0 Å². The number of hydrogen-bond donors (Lipinski definition) is 0. The van der Waals surface area contributed by atoms with Crippen molar-refractivity contribution in [2.24, 2.45) is 0 Å². The van der Waals surface area contributed by atoms with Crippen molar-refractivity contribution in [3.63, 3.8) is 0 Å². The van der Waals surface area contributed by atoms with Gasteiger partial charge in [-0.25, -0.2) is 4.79 Å². The van der Waals surface area contributed by atoms with Crippen LogP contribution in [-0.2, 0) is 22.7 Å². The molecule has 0 N–H and O–H groups in total. The van der Waals surface area contributed by atoms with Crippen LogP contribution in [0.3, 0.4) is 0 Å². The van der Waals surface area contributed by atoms with Crippen molar-refractivity contribution in [1.29, 1.82) is 0 Å². The lowest BCUT2D eigenvalue weighted by Gasteiger charge is -2.11. The average Bonchev–Trinajstić information content (AvgIpc) is 2.79. The molecule has 0 aliphatic carbocycles. The van der Waals surface area contributed by atoms with Gasteiger partial charge in [0.2, 0.25) is 0 Å². The molecule has 0 radical (unpaired) electrons. The van der Waals surface area contributed by atoms with Crippen LogP contribution in [0.15, 0.2) is 77.3 Å².